The smallest absolute Gasteiger partial charge is 0.293 e. The number of rotatable bonds is 13. The summed E-state index contributed by atoms with van der Waals surface area (Å²) in [5, 5.41) is 3.36. The fourth-order valence-electron chi connectivity index (χ4n) is 7.01. The van der Waals surface area contributed by atoms with Gasteiger partial charge in [0.25, 0.3) is 6.47 Å². The number of hydrogen-bond acceptors (Lipinski definition) is 9. The van der Waals surface area contributed by atoms with Crippen LogP contribution in [0.4, 0.5) is 0 Å². The van der Waals surface area contributed by atoms with Crippen LogP contribution in [0.25, 0.3) is 22.2 Å². The van der Waals surface area contributed by atoms with Crippen LogP contribution in [0.5, 0.6) is 0 Å². The average molecular weight is 649 g/mol. The van der Waals surface area contributed by atoms with Crippen molar-refractivity contribution in [1.29, 1.82) is 0 Å². The predicted molar refractivity (Wildman–Crippen MR) is 188 cm³/mol. The number of fused-ring (bicyclic) bond motifs is 1. The largest absolute Gasteiger partial charge is 0.467 e. The fourth-order valence-corrected chi connectivity index (χ4v) is 7.01. The van der Waals surface area contributed by atoms with Gasteiger partial charge in [-0.25, -0.2) is 5.01 Å². The lowest BCUT2D eigenvalue weighted by molar-refractivity contribution is -0.131. The van der Waals surface area contributed by atoms with Gasteiger partial charge in [0, 0.05) is 75.0 Å². The van der Waals surface area contributed by atoms with Gasteiger partial charge in [-0.05, 0) is 93.8 Å². The molecule has 3 unspecified atom stereocenters. The van der Waals surface area contributed by atoms with E-state index < -0.39 is 6.04 Å². The molecule has 10 heteroatoms. The Balaban J connectivity index is 0.000000632. The molecule has 5 rings (SSSR count). The number of benzene rings is 1. The van der Waals surface area contributed by atoms with Gasteiger partial charge in [0.15, 0.2) is 0 Å². The molecule has 1 aromatic carbocycles. The Morgan fingerprint density at radius 3 is 2.62 bits per heavy atom. The Hall–Kier alpha value is -3.15. The molecule has 0 saturated carbocycles. The highest BCUT2D eigenvalue weighted by Crippen LogP contribution is 2.41. The second-order valence-electron chi connectivity index (χ2n) is 13.8. The van der Waals surface area contributed by atoms with E-state index in [2.05, 4.69) is 72.0 Å². The van der Waals surface area contributed by atoms with E-state index in [1.54, 1.807) is 7.11 Å². The molecule has 2 aliphatic heterocycles. The summed E-state index contributed by atoms with van der Waals surface area (Å²) in [4.78, 5) is 29.3. The first kappa shape index (κ1) is 36.7. The molecule has 2 fully saturated rings. The first-order chi connectivity index (χ1) is 22.6. The number of aromatic nitrogens is 2. The molecule has 258 valence electrons. The fraction of sp³-hybridized carbons (Fsp3) is 0.595. The zero-order chi connectivity index (χ0) is 34.0. The molecule has 3 N–H and O–H groups in total. The quantitative estimate of drug-likeness (QED) is 0.245. The number of pyridine rings is 1. The van der Waals surface area contributed by atoms with Crippen LogP contribution in [0.1, 0.15) is 82.2 Å². The average Bonchev–Trinajstić information content (AvgIpc) is 3.39. The van der Waals surface area contributed by atoms with Gasteiger partial charge in [0.1, 0.15) is 6.29 Å². The van der Waals surface area contributed by atoms with Crippen LogP contribution in [0.2, 0.25) is 0 Å². The van der Waals surface area contributed by atoms with E-state index >= 15 is 0 Å². The second kappa shape index (κ2) is 17.3. The molecule has 10 nitrogen and oxygen atoms in total. The number of aryl methyl sites for hydroxylation is 1. The SMILES string of the molecule is CCn1c(-c2cccnc2C(C)OC)c(CC(C)(C)COC=O)c2cc(C3CCCN(CC(N)C=O)C3)ccc21.CN1CCCCN1. The maximum Gasteiger partial charge on any atom is 0.293 e. The number of nitrogens with one attached hydrogen (secondary N) is 1. The number of methoxy groups -OCH3 is 1. The number of ether oxygens (including phenoxy) is 2. The van der Waals surface area contributed by atoms with Crippen molar-refractivity contribution in [2.45, 2.75) is 84.4 Å². The van der Waals surface area contributed by atoms with Crippen molar-refractivity contribution in [2.24, 2.45) is 11.1 Å². The van der Waals surface area contributed by atoms with Gasteiger partial charge in [0.2, 0.25) is 0 Å². The third kappa shape index (κ3) is 9.48. The van der Waals surface area contributed by atoms with E-state index in [1.807, 2.05) is 19.2 Å². The van der Waals surface area contributed by atoms with Crippen molar-refractivity contribution >= 4 is 23.7 Å². The summed E-state index contributed by atoms with van der Waals surface area (Å²) in [5.41, 5.74) is 15.7. The van der Waals surface area contributed by atoms with Gasteiger partial charge in [0.05, 0.1) is 30.1 Å². The lowest BCUT2D eigenvalue weighted by Gasteiger charge is -2.33. The highest BCUT2D eigenvalue weighted by molar-refractivity contribution is 5.93. The molecule has 0 amide bonds. The van der Waals surface area contributed by atoms with Crippen molar-refractivity contribution < 1.29 is 19.1 Å². The van der Waals surface area contributed by atoms with Crippen molar-refractivity contribution in [3.63, 3.8) is 0 Å². The van der Waals surface area contributed by atoms with Crippen LogP contribution in [0.15, 0.2) is 36.5 Å². The minimum absolute atomic E-state index is 0.166. The number of carbonyl (C=O) groups is 2. The number of hydrogen-bond donors (Lipinski definition) is 2. The third-order valence-electron chi connectivity index (χ3n) is 9.46. The molecule has 4 heterocycles. The maximum absolute atomic E-state index is 11.2. The molecule has 2 aromatic heterocycles. The molecule has 47 heavy (non-hydrogen) atoms. The van der Waals surface area contributed by atoms with Crippen LogP contribution in [0, 0.1) is 5.41 Å². The molecular formula is C37H56N6O4. The standard InChI is InChI=1S/C32H44N4O4.C5H12N2/c1-6-36-29-12-11-23(24-9-8-14-35(17-24)18-25(33)19-37)15-27(29)28(16-32(3,4)20-40-21-38)31(36)26-10-7-13-34-30(26)22(2)39-5;1-7-5-3-2-4-6-7/h7,10-13,15,19,21-22,24-25H,6,8-9,14,16-18,20,33H2,1-5H3;6H,2-5H2,1H3. The monoisotopic (exact) mass is 648 g/mol. The van der Waals surface area contributed by atoms with Gasteiger partial charge < -0.3 is 29.5 Å². The highest BCUT2D eigenvalue weighted by Gasteiger charge is 2.29. The van der Waals surface area contributed by atoms with Crippen molar-refractivity contribution in [1.82, 2.24) is 24.9 Å². The van der Waals surface area contributed by atoms with Gasteiger partial charge in [-0.1, -0.05) is 19.9 Å². The van der Waals surface area contributed by atoms with E-state index in [9.17, 15) is 9.59 Å². The van der Waals surface area contributed by atoms with E-state index in [0.29, 0.717) is 25.5 Å². The van der Waals surface area contributed by atoms with Gasteiger partial charge in [-0.15, -0.1) is 0 Å². The van der Waals surface area contributed by atoms with Crippen molar-refractivity contribution in [3.05, 3.63) is 53.3 Å². The number of likely N-dealkylation sites (tertiary alicyclic amines) is 1. The molecule has 3 atom stereocenters. The Bertz CT molecular complexity index is 1450. The topological polar surface area (TPSA) is 115 Å². The highest BCUT2D eigenvalue weighted by atomic mass is 16.5. The minimum atomic E-state index is -0.451. The van der Waals surface area contributed by atoms with Crippen molar-refractivity contribution in [2.75, 3.05) is 53.5 Å². The Morgan fingerprint density at radius 2 is 1.98 bits per heavy atom. The van der Waals surface area contributed by atoms with Gasteiger partial charge >= 0.3 is 0 Å². The number of nitrogens with two attached hydrogens (primary N) is 1. The number of piperidine rings is 1. The lowest BCUT2D eigenvalue weighted by atomic mass is 9.83. The van der Waals surface area contributed by atoms with Crippen LogP contribution in [-0.2, 0) is 32.0 Å². The van der Waals surface area contributed by atoms with Crippen LogP contribution in [-0.4, -0.2) is 91.7 Å². The Labute approximate surface area is 280 Å². The van der Waals surface area contributed by atoms with E-state index in [0.717, 1.165) is 68.7 Å². The Kier molecular flexibility index (Phi) is 13.5. The Morgan fingerprint density at radius 1 is 1.17 bits per heavy atom. The van der Waals surface area contributed by atoms with Gasteiger partial charge in [-0.2, -0.15) is 0 Å². The van der Waals surface area contributed by atoms with Crippen LogP contribution >= 0.6 is 0 Å². The number of nitrogens with zero attached hydrogens (tertiary/aromatic N) is 4. The summed E-state index contributed by atoms with van der Waals surface area (Å²) in [5.74, 6) is 0.368. The van der Waals surface area contributed by atoms with E-state index in [1.165, 1.54) is 41.4 Å². The van der Waals surface area contributed by atoms with Crippen LogP contribution < -0.4 is 11.2 Å². The van der Waals surface area contributed by atoms with E-state index in [4.69, 9.17) is 20.2 Å². The summed E-state index contributed by atoms with van der Waals surface area (Å²) in [6, 6.07) is 10.5. The number of aldehydes is 1. The molecule has 0 bridgehead atoms. The summed E-state index contributed by atoms with van der Waals surface area (Å²) >= 11 is 0. The van der Waals surface area contributed by atoms with Crippen LogP contribution in [0.3, 0.4) is 0 Å². The summed E-state index contributed by atoms with van der Waals surface area (Å²) in [6.45, 7) is 14.9. The molecule has 2 saturated heterocycles. The van der Waals surface area contributed by atoms with Gasteiger partial charge in [-0.3, -0.25) is 15.2 Å². The normalized spacial score (nSPS) is 19.1. The zero-order valence-corrected chi connectivity index (χ0v) is 29.3. The molecule has 2 aliphatic rings. The van der Waals surface area contributed by atoms with E-state index in [-0.39, 0.29) is 11.5 Å². The molecule has 0 spiro atoms. The predicted octanol–water partition coefficient (Wildman–Crippen LogP) is 5.09. The first-order valence-corrected chi connectivity index (χ1v) is 17.2. The minimum Gasteiger partial charge on any atom is -0.467 e. The molecule has 0 aliphatic carbocycles. The van der Waals surface area contributed by atoms with Crippen molar-refractivity contribution in [3.8, 4) is 11.3 Å². The lowest BCUT2D eigenvalue weighted by Crippen LogP contribution is -2.43. The molecule has 3 aromatic rings. The second-order valence-corrected chi connectivity index (χ2v) is 13.8. The first-order valence-electron chi connectivity index (χ1n) is 17.2. The summed E-state index contributed by atoms with van der Waals surface area (Å²) in [7, 11) is 3.79. The number of carbonyl (C=O) groups excluding carboxylic acids is 2. The summed E-state index contributed by atoms with van der Waals surface area (Å²) in [6.07, 6.45) is 8.08. The number of hydrazine groups is 1. The third-order valence-corrected chi connectivity index (χ3v) is 9.46. The summed E-state index contributed by atoms with van der Waals surface area (Å²) < 4.78 is 13.3. The molecule has 0 radical (unpaired) electrons. The maximum atomic E-state index is 11.2. The molecular weight excluding hydrogens is 592 g/mol. The zero-order valence-electron chi connectivity index (χ0n) is 29.3.